The molecule has 19 heavy (non-hydrogen) atoms. The third-order valence-electron chi connectivity index (χ3n) is 4.26. The summed E-state index contributed by atoms with van der Waals surface area (Å²) in [5.74, 6) is 0. The lowest BCUT2D eigenvalue weighted by Gasteiger charge is -2.23. The number of aliphatic hydroxyl groups excluding tert-OH is 1. The van der Waals surface area contributed by atoms with Crippen molar-refractivity contribution in [1.29, 1.82) is 0 Å². The van der Waals surface area contributed by atoms with Crippen LogP contribution >= 0.6 is 0 Å². The lowest BCUT2D eigenvalue weighted by molar-refractivity contribution is -0.00631. The van der Waals surface area contributed by atoms with Crippen LogP contribution in [0.15, 0.2) is 0 Å². The summed E-state index contributed by atoms with van der Waals surface area (Å²) in [6, 6.07) is 0.444. The van der Waals surface area contributed by atoms with Crippen LogP contribution in [0.2, 0.25) is 0 Å². The first-order chi connectivity index (χ1) is 9.24. The number of ether oxygens (including phenoxy) is 1. The van der Waals surface area contributed by atoms with Crippen molar-refractivity contribution in [2.24, 2.45) is 0 Å². The number of aliphatic hydroxyl groups is 1. The van der Waals surface area contributed by atoms with Crippen molar-refractivity contribution >= 4 is 0 Å². The summed E-state index contributed by atoms with van der Waals surface area (Å²) in [7, 11) is 0. The van der Waals surface area contributed by atoms with Crippen molar-refractivity contribution in [3.05, 3.63) is 0 Å². The summed E-state index contributed by atoms with van der Waals surface area (Å²) in [6.07, 6.45) is 7.61. The molecule has 0 aromatic carbocycles. The Morgan fingerprint density at radius 3 is 2.58 bits per heavy atom. The lowest BCUT2D eigenvalue weighted by atomic mass is 10.2. The average Bonchev–Trinajstić information content (AvgIpc) is 3.06. The largest absolute Gasteiger partial charge is 0.389 e. The zero-order valence-corrected chi connectivity index (χ0v) is 12.3. The minimum Gasteiger partial charge on any atom is -0.389 e. The quantitative estimate of drug-likeness (QED) is 0.699. The van der Waals surface area contributed by atoms with E-state index in [9.17, 15) is 5.11 Å². The van der Waals surface area contributed by atoms with Crippen molar-refractivity contribution in [2.75, 3.05) is 32.8 Å². The standard InChI is InChI=1S/C15H30N2O2/c1-13(11-17-8-4-5-9-17)16-10-14(18)12-19-15-6-2-3-7-15/h13-16,18H,2-12H2,1H3. The molecule has 4 heteroatoms. The first-order valence-electron chi connectivity index (χ1n) is 7.99. The zero-order chi connectivity index (χ0) is 13.5. The molecule has 0 aromatic rings. The number of hydrogen-bond acceptors (Lipinski definition) is 4. The number of rotatable bonds is 8. The maximum Gasteiger partial charge on any atom is 0.0897 e. The monoisotopic (exact) mass is 270 g/mol. The number of hydrogen-bond donors (Lipinski definition) is 2. The zero-order valence-electron chi connectivity index (χ0n) is 12.3. The molecule has 1 saturated carbocycles. The van der Waals surface area contributed by atoms with Crippen molar-refractivity contribution in [3.8, 4) is 0 Å². The fourth-order valence-corrected chi connectivity index (χ4v) is 3.12. The lowest BCUT2D eigenvalue weighted by Crippen LogP contribution is -2.42. The fourth-order valence-electron chi connectivity index (χ4n) is 3.12. The van der Waals surface area contributed by atoms with Crippen molar-refractivity contribution < 1.29 is 9.84 Å². The van der Waals surface area contributed by atoms with Crippen LogP contribution in [0, 0.1) is 0 Å². The van der Waals surface area contributed by atoms with Gasteiger partial charge in [-0.15, -0.1) is 0 Å². The molecule has 0 aromatic heterocycles. The molecule has 1 heterocycles. The van der Waals surface area contributed by atoms with Gasteiger partial charge in [0.25, 0.3) is 0 Å². The van der Waals surface area contributed by atoms with Crippen LogP contribution < -0.4 is 5.32 Å². The van der Waals surface area contributed by atoms with Gasteiger partial charge in [0, 0.05) is 19.1 Å². The molecule has 2 atom stereocenters. The summed E-state index contributed by atoms with van der Waals surface area (Å²) < 4.78 is 5.73. The highest BCUT2D eigenvalue weighted by atomic mass is 16.5. The van der Waals surface area contributed by atoms with Crippen molar-refractivity contribution in [2.45, 2.75) is 63.7 Å². The van der Waals surface area contributed by atoms with E-state index in [1.54, 1.807) is 0 Å². The van der Waals surface area contributed by atoms with Gasteiger partial charge >= 0.3 is 0 Å². The highest BCUT2D eigenvalue weighted by Gasteiger charge is 2.18. The minimum atomic E-state index is -0.373. The van der Waals surface area contributed by atoms with Gasteiger partial charge in [0.05, 0.1) is 18.8 Å². The first-order valence-corrected chi connectivity index (χ1v) is 7.99. The predicted molar refractivity (Wildman–Crippen MR) is 77.4 cm³/mol. The van der Waals surface area contributed by atoms with Crippen LogP contribution in [-0.4, -0.2) is 61.0 Å². The normalized spacial score (nSPS) is 24.9. The SMILES string of the molecule is CC(CN1CCCC1)NCC(O)COC1CCCC1. The summed E-state index contributed by atoms with van der Waals surface area (Å²) >= 11 is 0. The van der Waals surface area contributed by atoms with E-state index in [4.69, 9.17) is 4.74 Å². The highest BCUT2D eigenvalue weighted by Crippen LogP contribution is 2.20. The van der Waals surface area contributed by atoms with Gasteiger partial charge in [0.2, 0.25) is 0 Å². The van der Waals surface area contributed by atoms with Gasteiger partial charge in [-0.1, -0.05) is 12.8 Å². The Hall–Kier alpha value is -0.160. The molecule has 1 aliphatic carbocycles. The van der Waals surface area contributed by atoms with Crippen LogP contribution in [-0.2, 0) is 4.74 Å². The van der Waals surface area contributed by atoms with E-state index < -0.39 is 0 Å². The van der Waals surface area contributed by atoms with Gasteiger partial charge in [-0.2, -0.15) is 0 Å². The molecule has 2 N–H and O–H groups in total. The molecule has 1 aliphatic heterocycles. The Morgan fingerprint density at radius 1 is 1.21 bits per heavy atom. The summed E-state index contributed by atoms with van der Waals surface area (Å²) in [6.45, 7) is 6.88. The van der Waals surface area contributed by atoms with Crippen LogP contribution in [0.4, 0.5) is 0 Å². The maximum absolute atomic E-state index is 9.92. The first kappa shape index (κ1) is 15.2. The third-order valence-corrected chi connectivity index (χ3v) is 4.26. The summed E-state index contributed by atoms with van der Waals surface area (Å²) in [5.41, 5.74) is 0. The molecular formula is C15H30N2O2. The fraction of sp³-hybridized carbons (Fsp3) is 1.00. The molecule has 0 radical (unpaired) electrons. The van der Waals surface area contributed by atoms with Gasteiger partial charge in [-0.25, -0.2) is 0 Å². The number of nitrogens with zero attached hydrogens (tertiary/aromatic N) is 1. The van der Waals surface area contributed by atoms with Crippen molar-refractivity contribution in [1.82, 2.24) is 10.2 Å². The molecule has 1 saturated heterocycles. The van der Waals surface area contributed by atoms with E-state index in [0.29, 0.717) is 25.3 Å². The Bertz CT molecular complexity index is 238. The Morgan fingerprint density at radius 2 is 1.89 bits per heavy atom. The molecule has 0 spiro atoms. The van der Waals surface area contributed by atoms with E-state index in [-0.39, 0.29) is 6.10 Å². The van der Waals surface area contributed by atoms with Crippen LogP contribution in [0.25, 0.3) is 0 Å². The average molecular weight is 270 g/mol. The van der Waals surface area contributed by atoms with Gasteiger partial charge in [0.1, 0.15) is 0 Å². The van der Waals surface area contributed by atoms with E-state index >= 15 is 0 Å². The van der Waals surface area contributed by atoms with Gasteiger partial charge < -0.3 is 20.1 Å². The highest BCUT2D eigenvalue weighted by molar-refractivity contribution is 4.74. The second kappa shape index (κ2) is 8.20. The number of nitrogens with one attached hydrogen (secondary N) is 1. The molecule has 0 bridgehead atoms. The van der Waals surface area contributed by atoms with Crippen LogP contribution in [0.1, 0.15) is 45.4 Å². The Kier molecular flexibility index (Phi) is 6.57. The smallest absolute Gasteiger partial charge is 0.0897 e. The summed E-state index contributed by atoms with van der Waals surface area (Å²) in [4.78, 5) is 2.50. The summed E-state index contributed by atoms with van der Waals surface area (Å²) in [5, 5.41) is 13.3. The van der Waals surface area contributed by atoms with Gasteiger partial charge in [-0.05, 0) is 45.7 Å². The second-order valence-electron chi connectivity index (χ2n) is 6.21. The molecule has 2 rings (SSSR count). The van der Waals surface area contributed by atoms with Crippen LogP contribution in [0.3, 0.4) is 0 Å². The topological polar surface area (TPSA) is 44.7 Å². The van der Waals surface area contributed by atoms with E-state index in [0.717, 1.165) is 6.54 Å². The third kappa shape index (κ3) is 5.78. The molecule has 0 amide bonds. The van der Waals surface area contributed by atoms with Gasteiger partial charge in [0.15, 0.2) is 0 Å². The van der Waals surface area contributed by atoms with Gasteiger partial charge in [-0.3, -0.25) is 0 Å². The number of likely N-dealkylation sites (tertiary alicyclic amines) is 1. The predicted octanol–water partition coefficient (Wildman–Crippen LogP) is 1.38. The second-order valence-corrected chi connectivity index (χ2v) is 6.21. The molecule has 2 unspecified atom stereocenters. The van der Waals surface area contributed by atoms with E-state index in [1.807, 2.05) is 0 Å². The van der Waals surface area contributed by atoms with Crippen LogP contribution in [0.5, 0.6) is 0 Å². The maximum atomic E-state index is 9.92. The minimum absolute atomic E-state index is 0.373. The van der Waals surface area contributed by atoms with E-state index in [1.165, 1.54) is 51.6 Å². The molecule has 2 aliphatic rings. The molecule has 112 valence electrons. The Balaban J connectivity index is 1.50. The molecule has 4 nitrogen and oxygen atoms in total. The van der Waals surface area contributed by atoms with Crippen molar-refractivity contribution in [3.63, 3.8) is 0 Å². The molecule has 2 fully saturated rings. The Labute approximate surface area is 117 Å². The van der Waals surface area contributed by atoms with E-state index in [2.05, 4.69) is 17.1 Å². The molecular weight excluding hydrogens is 240 g/mol.